The smallest absolute Gasteiger partial charge is 0.286 e. The minimum Gasteiger partial charge on any atom is -0.508 e. The molecule has 0 aliphatic carbocycles. The number of rotatable bonds is 2. The van der Waals surface area contributed by atoms with Gasteiger partial charge in [-0.15, -0.1) is 0 Å². The lowest BCUT2D eigenvalue weighted by Gasteiger charge is -2.27. The number of aliphatic imine (C=N–C) groups is 1. The first-order valence-electron chi connectivity index (χ1n) is 12.1. The number of benzene rings is 2. The number of hydrogen-bond donors (Lipinski definition) is 4. The molecule has 2 amide bonds. The number of likely N-dealkylation sites (tertiary alicyclic amines) is 1. The zero-order valence-corrected chi connectivity index (χ0v) is 23.9. The summed E-state index contributed by atoms with van der Waals surface area (Å²) in [6, 6.07) is 13.1. The number of phenols is 2. The molecule has 0 saturated carbocycles. The van der Waals surface area contributed by atoms with Crippen LogP contribution in [0, 0.1) is 0 Å². The molecule has 2 fully saturated rings. The van der Waals surface area contributed by atoms with Crippen molar-refractivity contribution in [3.8, 4) is 11.5 Å². The fourth-order valence-corrected chi connectivity index (χ4v) is 5.08. The van der Waals surface area contributed by atoms with Gasteiger partial charge < -0.3 is 25.5 Å². The fraction of sp³-hybridized carbons (Fsp3) is 0.296. The van der Waals surface area contributed by atoms with E-state index in [0.717, 1.165) is 23.8 Å². The lowest BCUT2D eigenvalue weighted by molar-refractivity contribution is -0.117. The number of thiocarbonyl (C=S) groups is 1. The van der Waals surface area contributed by atoms with E-state index in [1.807, 2.05) is 6.07 Å². The number of nitrogens with zero attached hydrogens (tertiary/aromatic N) is 2. The molecular weight excluding hydrogens is 559 g/mol. The third-order valence-electron chi connectivity index (χ3n) is 4.99. The molecule has 0 radical (unpaired) electrons. The third-order valence-corrected chi connectivity index (χ3v) is 7.26. The van der Waals surface area contributed by atoms with Gasteiger partial charge in [-0.2, -0.15) is 4.99 Å². The summed E-state index contributed by atoms with van der Waals surface area (Å²) in [6.45, 7) is 3.90. The largest absolute Gasteiger partial charge is 0.508 e. The van der Waals surface area contributed by atoms with Crippen molar-refractivity contribution in [1.29, 1.82) is 0 Å². The number of amides is 2. The molecular formula is C27H31N3O6S3. The third kappa shape index (κ3) is 12.0. The molecule has 3 heterocycles. The van der Waals surface area contributed by atoms with Crippen LogP contribution in [0.5, 0.6) is 11.5 Å². The van der Waals surface area contributed by atoms with Crippen LogP contribution in [0.25, 0.3) is 6.08 Å². The van der Waals surface area contributed by atoms with Gasteiger partial charge in [0, 0.05) is 25.3 Å². The molecule has 0 unspecified atom stereocenters. The number of amidine groups is 1. The first kappa shape index (κ1) is 32.0. The van der Waals surface area contributed by atoms with Crippen molar-refractivity contribution in [2.75, 3.05) is 25.4 Å². The van der Waals surface area contributed by atoms with Crippen molar-refractivity contribution < 1.29 is 29.7 Å². The highest BCUT2D eigenvalue weighted by molar-refractivity contribution is 8.24. The van der Waals surface area contributed by atoms with Gasteiger partial charge in [-0.1, -0.05) is 48.2 Å². The lowest BCUT2D eigenvalue weighted by Crippen LogP contribution is -2.33. The quantitative estimate of drug-likeness (QED) is 0.229. The molecule has 0 aromatic heterocycles. The monoisotopic (exact) mass is 589 g/mol. The number of thioether (sulfide) groups is 2. The molecule has 9 nitrogen and oxygen atoms in total. The molecule has 39 heavy (non-hydrogen) atoms. The number of carbonyl (C=O) groups excluding carboxylic acids is 3. The maximum atomic E-state index is 12.0. The van der Waals surface area contributed by atoms with E-state index in [4.69, 9.17) is 10.2 Å². The van der Waals surface area contributed by atoms with Crippen LogP contribution in [0.15, 0.2) is 58.4 Å². The Balaban J connectivity index is 0.000000231. The van der Waals surface area contributed by atoms with Gasteiger partial charge in [0.1, 0.15) is 22.1 Å². The molecule has 5 rings (SSSR count). The summed E-state index contributed by atoms with van der Waals surface area (Å²) in [5.74, 6) is 0.666. The van der Waals surface area contributed by atoms with Crippen LogP contribution < -0.4 is 5.32 Å². The number of aromatic hydroxyl groups is 2. The summed E-state index contributed by atoms with van der Waals surface area (Å²) in [5, 5.41) is 29.1. The zero-order chi connectivity index (χ0) is 28.6. The molecule has 2 saturated heterocycles. The van der Waals surface area contributed by atoms with Gasteiger partial charge in [0.05, 0.1) is 10.7 Å². The summed E-state index contributed by atoms with van der Waals surface area (Å²) in [6.07, 6.45) is 6.07. The second kappa shape index (κ2) is 17.4. The van der Waals surface area contributed by atoms with E-state index in [1.54, 1.807) is 43.3 Å². The van der Waals surface area contributed by atoms with Crippen molar-refractivity contribution in [3.05, 3.63) is 64.6 Å². The molecule has 0 bridgehead atoms. The summed E-state index contributed by atoms with van der Waals surface area (Å²) >= 11 is 7.44. The number of nitrogens with one attached hydrogen (secondary N) is 1. The van der Waals surface area contributed by atoms with Crippen molar-refractivity contribution in [3.63, 3.8) is 0 Å². The van der Waals surface area contributed by atoms with Gasteiger partial charge in [-0.3, -0.25) is 14.4 Å². The fourth-order valence-electron chi connectivity index (χ4n) is 3.30. The van der Waals surface area contributed by atoms with E-state index < -0.39 is 0 Å². The summed E-state index contributed by atoms with van der Waals surface area (Å²) in [5.41, 5.74) is 1.31. The van der Waals surface area contributed by atoms with Crippen molar-refractivity contribution in [2.45, 2.75) is 26.2 Å². The second-order valence-corrected chi connectivity index (χ2v) is 10.8. The second-order valence-electron chi connectivity index (χ2n) is 8.11. The molecule has 2 aromatic rings. The van der Waals surface area contributed by atoms with E-state index in [1.165, 1.54) is 54.9 Å². The SMILES string of the molecule is CCO.O=C1CSC(=S)N1.O=C1N=C(N2CCCCC2)S/C1=C\c1cccc(O)c1.O=Cc1cccc(O)c1. The van der Waals surface area contributed by atoms with E-state index in [-0.39, 0.29) is 29.9 Å². The number of phenolic OH excluding ortho intramolecular Hbond substituents is 2. The van der Waals surface area contributed by atoms with Gasteiger partial charge in [-0.25, -0.2) is 0 Å². The number of carbonyl (C=O) groups is 3. The Morgan fingerprint density at radius 3 is 2.08 bits per heavy atom. The lowest BCUT2D eigenvalue weighted by atomic mass is 10.1. The standard InChI is InChI=1S/C15H16N2O2S.C7H6O2.C3H3NOS2.C2H6O/c18-12-6-4-5-11(9-12)10-13-14(19)16-15(20-13)17-7-2-1-3-8-17;8-5-6-2-1-3-7(9)4-6;5-2-1-7-3(6)4-2;1-2-3/h4-6,9-10,18H,1-3,7-8H2;1-5,9H;1H2,(H,4,5,6);3H,2H2,1H3/b13-10-;;;. The summed E-state index contributed by atoms with van der Waals surface area (Å²) in [4.78, 5) is 39.2. The molecule has 2 aromatic carbocycles. The molecule has 3 aliphatic heterocycles. The van der Waals surface area contributed by atoms with Gasteiger partial charge >= 0.3 is 0 Å². The van der Waals surface area contributed by atoms with Gasteiger partial charge in [-0.05, 0) is 73.9 Å². The van der Waals surface area contributed by atoms with Gasteiger partial charge in [0.2, 0.25) is 5.91 Å². The highest BCUT2D eigenvalue weighted by Crippen LogP contribution is 2.31. The molecule has 0 atom stereocenters. The van der Waals surface area contributed by atoms with E-state index >= 15 is 0 Å². The predicted molar refractivity (Wildman–Crippen MR) is 161 cm³/mol. The Morgan fingerprint density at radius 2 is 1.62 bits per heavy atom. The maximum Gasteiger partial charge on any atom is 0.286 e. The number of aldehydes is 1. The van der Waals surface area contributed by atoms with Crippen LogP contribution in [0.2, 0.25) is 0 Å². The number of aliphatic hydroxyl groups is 1. The average molecular weight is 590 g/mol. The molecule has 208 valence electrons. The van der Waals surface area contributed by atoms with Crippen molar-refractivity contribution in [1.82, 2.24) is 10.2 Å². The van der Waals surface area contributed by atoms with Crippen LogP contribution >= 0.6 is 35.7 Å². The van der Waals surface area contributed by atoms with Crippen LogP contribution in [-0.2, 0) is 9.59 Å². The minimum absolute atomic E-state index is 0.0231. The zero-order valence-electron chi connectivity index (χ0n) is 21.4. The Hall–Kier alpha value is -3.19. The van der Waals surface area contributed by atoms with Gasteiger partial charge in [0.15, 0.2) is 5.17 Å². The van der Waals surface area contributed by atoms with Crippen molar-refractivity contribution in [2.24, 2.45) is 4.99 Å². The average Bonchev–Trinajstić information content (AvgIpc) is 3.49. The maximum absolute atomic E-state index is 12.0. The molecule has 12 heteroatoms. The summed E-state index contributed by atoms with van der Waals surface area (Å²) < 4.78 is 0.602. The Labute approximate surface area is 241 Å². The Bertz CT molecular complexity index is 1200. The van der Waals surface area contributed by atoms with Crippen LogP contribution in [0.4, 0.5) is 0 Å². The molecule has 0 spiro atoms. The first-order chi connectivity index (χ1) is 18.7. The Kier molecular flexibility index (Phi) is 14.3. The highest BCUT2D eigenvalue weighted by Gasteiger charge is 2.26. The minimum atomic E-state index is -0.182. The van der Waals surface area contributed by atoms with Gasteiger partial charge in [0.25, 0.3) is 5.91 Å². The topological polar surface area (TPSA) is 140 Å². The normalized spacial score (nSPS) is 17.1. The van der Waals surface area contributed by atoms with Crippen LogP contribution in [0.1, 0.15) is 42.1 Å². The number of piperidine rings is 1. The van der Waals surface area contributed by atoms with Crippen molar-refractivity contribution >= 4 is 69.4 Å². The number of aliphatic hydroxyl groups excluding tert-OH is 1. The first-order valence-corrected chi connectivity index (χ1v) is 14.3. The molecule has 4 N–H and O–H groups in total. The highest BCUT2D eigenvalue weighted by atomic mass is 32.2. The molecule has 3 aliphatic rings. The predicted octanol–water partition coefficient (Wildman–Crippen LogP) is 4.19. The summed E-state index contributed by atoms with van der Waals surface area (Å²) in [7, 11) is 0. The van der Waals surface area contributed by atoms with Crippen LogP contribution in [-0.4, -0.2) is 73.3 Å². The Morgan fingerprint density at radius 1 is 1.03 bits per heavy atom. The van der Waals surface area contributed by atoms with E-state index in [9.17, 15) is 19.5 Å². The van der Waals surface area contributed by atoms with Crippen LogP contribution in [0.3, 0.4) is 0 Å². The van der Waals surface area contributed by atoms with E-state index in [2.05, 4.69) is 27.4 Å². The number of hydrogen-bond acceptors (Lipinski definition) is 10. The van der Waals surface area contributed by atoms with E-state index in [0.29, 0.717) is 26.8 Å².